The summed E-state index contributed by atoms with van der Waals surface area (Å²) < 4.78 is 5.47. The molecular formula is C19H17O2P. The second-order valence-corrected chi connectivity index (χ2v) is 7.20. The van der Waals surface area contributed by atoms with Gasteiger partial charge in [-0.3, -0.25) is 4.79 Å². The highest BCUT2D eigenvalue weighted by atomic mass is 31.1. The zero-order chi connectivity index (χ0) is 15.5. The molecule has 0 radical (unpaired) electrons. The van der Waals surface area contributed by atoms with E-state index in [1.807, 2.05) is 42.5 Å². The van der Waals surface area contributed by atoms with Crippen LogP contribution in [0.25, 0.3) is 10.8 Å². The first-order chi connectivity index (χ1) is 10.7. The molecule has 0 saturated carbocycles. The largest absolute Gasteiger partial charge is 0.426 e. The summed E-state index contributed by atoms with van der Waals surface area (Å²) in [6.07, 6.45) is 0. The Kier molecular flexibility index (Phi) is 4.22. The number of hydrogen-bond donors (Lipinski definition) is 0. The predicted molar refractivity (Wildman–Crippen MR) is 93.8 cm³/mol. The van der Waals surface area contributed by atoms with Crippen molar-refractivity contribution in [2.75, 3.05) is 6.66 Å². The van der Waals surface area contributed by atoms with Crippen molar-refractivity contribution in [3.63, 3.8) is 0 Å². The van der Waals surface area contributed by atoms with Gasteiger partial charge in [0.05, 0.1) is 0 Å². The summed E-state index contributed by atoms with van der Waals surface area (Å²) in [5, 5.41) is 4.70. The van der Waals surface area contributed by atoms with Gasteiger partial charge in [-0.25, -0.2) is 0 Å². The minimum absolute atomic E-state index is 0.284. The molecule has 1 unspecified atom stereocenters. The molecule has 3 rings (SSSR count). The summed E-state index contributed by atoms with van der Waals surface area (Å²) in [4.78, 5) is 11.4. The van der Waals surface area contributed by atoms with Gasteiger partial charge < -0.3 is 4.74 Å². The molecule has 22 heavy (non-hydrogen) atoms. The van der Waals surface area contributed by atoms with E-state index < -0.39 is 7.92 Å². The van der Waals surface area contributed by atoms with Gasteiger partial charge in [0.1, 0.15) is 5.75 Å². The third-order valence-corrected chi connectivity index (χ3v) is 5.80. The van der Waals surface area contributed by atoms with Crippen molar-refractivity contribution >= 4 is 35.3 Å². The molecule has 3 heteroatoms. The smallest absolute Gasteiger partial charge is 0.308 e. The number of esters is 1. The summed E-state index contributed by atoms with van der Waals surface area (Å²) in [7, 11) is -0.599. The Bertz CT molecular complexity index is 812. The van der Waals surface area contributed by atoms with E-state index in [0.717, 1.165) is 10.7 Å². The molecule has 0 aliphatic rings. The van der Waals surface area contributed by atoms with Crippen molar-refractivity contribution in [3.05, 3.63) is 66.7 Å². The lowest BCUT2D eigenvalue weighted by molar-refractivity contribution is -0.131. The molecule has 0 bridgehead atoms. The van der Waals surface area contributed by atoms with Crippen LogP contribution in [0.3, 0.4) is 0 Å². The average Bonchev–Trinajstić information content (AvgIpc) is 2.54. The van der Waals surface area contributed by atoms with E-state index in [4.69, 9.17) is 4.74 Å². The van der Waals surface area contributed by atoms with Crippen LogP contribution in [0.2, 0.25) is 0 Å². The van der Waals surface area contributed by atoms with Gasteiger partial charge in [-0.15, -0.1) is 0 Å². The van der Waals surface area contributed by atoms with E-state index in [2.05, 4.69) is 30.9 Å². The van der Waals surface area contributed by atoms with Gasteiger partial charge in [-0.1, -0.05) is 60.7 Å². The van der Waals surface area contributed by atoms with Crippen LogP contribution in [0.5, 0.6) is 5.75 Å². The summed E-state index contributed by atoms with van der Waals surface area (Å²) in [6.45, 7) is 3.65. The number of benzene rings is 3. The molecule has 0 amide bonds. The molecule has 0 aliphatic heterocycles. The lowest BCUT2D eigenvalue weighted by atomic mass is 10.1. The van der Waals surface area contributed by atoms with Crippen LogP contribution in [0.15, 0.2) is 66.7 Å². The van der Waals surface area contributed by atoms with Gasteiger partial charge in [-0.2, -0.15) is 0 Å². The van der Waals surface area contributed by atoms with Crippen molar-refractivity contribution in [2.45, 2.75) is 6.92 Å². The fourth-order valence-electron chi connectivity index (χ4n) is 2.60. The fourth-order valence-corrected chi connectivity index (χ4v) is 4.49. The number of ether oxygens (including phenoxy) is 1. The Morgan fingerprint density at radius 1 is 0.909 bits per heavy atom. The zero-order valence-corrected chi connectivity index (χ0v) is 13.5. The highest BCUT2D eigenvalue weighted by Crippen LogP contribution is 2.37. The molecule has 0 aliphatic carbocycles. The molecular weight excluding hydrogens is 291 g/mol. The molecule has 3 aromatic rings. The SMILES string of the molecule is CC(=O)Oc1ccc2ccccc2c1P(C)c1ccccc1. The Morgan fingerprint density at radius 2 is 1.59 bits per heavy atom. The standard InChI is InChI=1S/C19H17O2P/c1-14(20)21-18-13-12-15-8-6-7-11-17(15)19(18)22(2)16-9-4-3-5-10-16/h3-13H,1-2H3. The number of carbonyl (C=O) groups excluding carboxylic acids is 1. The molecule has 0 saturated heterocycles. The first-order valence-corrected chi connectivity index (χ1v) is 8.94. The van der Waals surface area contributed by atoms with Crippen LogP contribution in [0.1, 0.15) is 6.92 Å². The molecule has 0 fully saturated rings. The fraction of sp³-hybridized carbons (Fsp3) is 0.105. The number of hydrogen-bond acceptors (Lipinski definition) is 2. The first-order valence-electron chi connectivity index (χ1n) is 7.16. The van der Waals surface area contributed by atoms with Gasteiger partial charge >= 0.3 is 5.97 Å². The molecule has 0 N–H and O–H groups in total. The van der Waals surface area contributed by atoms with E-state index in [0.29, 0.717) is 5.75 Å². The van der Waals surface area contributed by atoms with E-state index >= 15 is 0 Å². The van der Waals surface area contributed by atoms with Crippen LogP contribution in [-0.2, 0) is 4.79 Å². The summed E-state index contributed by atoms with van der Waals surface area (Å²) in [6, 6.07) is 22.5. The second kappa shape index (κ2) is 6.29. The lowest BCUT2D eigenvalue weighted by Gasteiger charge is -2.19. The highest BCUT2D eigenvalue weighted by molar-refractivity contribution is 7.73. The van der Waals surface area contributed by atoms with Crippen molar-refractivity contribution in [1.29, 1.82) is 0 Å². The van der Waals surface area contributed by atoms with Gasteiger partial charge in [0.2, 0.25) is 0 Å². The third-order valence-electron chi connectivity index (χ3n) is 3.60. The van der Waals surface area contributed by atoms with Gasteiger partial charge in [0, 0.05) is 12.2 Å². The van der Waals surface area contributed by atoms with Crippen molar-refractivity contribution < 1.29 is 9.53 Å². The number of fused-ring (bicyclic) bond motifs is 1. The summed E-state index contributed by atoms with van der Waals surface area (Å²) >= 11 is 0. The van der Waals surface area contributed by atoms with Gasteiger partial charge in [0.15, 0.2) is 0 Å². The number of rotatable bonds is 3. The Hall–Kier alpha value is -2.18. The molecule has 110 valence electrons. The monoisotopic (exact) mass is 308 g/mol. The molecule has 0 heterocycles. The average molecular weight is 308 g/mol. The summed E-state index contributed by atoms with van der Waals surface area (Å²) in [5.74, 6) is 0.386. The third kappa shape index (κ3) is 2.88. The quantitative estimate of drug-likeness (QED) is 0.417. The van der Waals surface area contributed by atoms with E-state index in [1.165, 1.54) is 17.6 Å². The topological polar surface area (TPSA) is 26.3 Å². The minimum Gasteiger partial charge on any atom is -0.426 e. The molecule has 0 aromatic heterocycles. The maximum atomic E-state index is 11.4. The molecule has 3 aromatic carbocycles. The molecule has 1 atom stereocenters. The van der Waals surface area contributed by atoms with Gasteiger partial charge in [-0.05, 0) is 36.7 Å². The molecule has 2 nitrogen and oxygen atoms in total. The van der Waals surface area contributed by atoms with Crippen LogP contribution in [0.4, 0.5) is 0 Å². The number of carbonyl (C=O) groups is 1. The van der Waals surface area contributed by atoms with Crippen LogP contribution in [-0.4, -0.2) is 12.6 Å². The van der Waals surface area contributed by atoms with Crippen LogP contribution >= 0.6 is 7.92 Å². The maximum absolute atomic E-state index is 11.4. The Balaban J connectivity index is 2.22. The second-order valence-electron chi connectivity index (χ2n) is 5.12. The van der Waals surface area contributed by atoms with Crippen LogP contribution in [0, 0.1) is 0 Å². The maximum Gasteiger partial charge on any atom is 0.308 e. The Morgan fingerprint density at radius 3 is 2.32 bits per heavy atom. The van der Waals surface area contributed by atoms with Crippen LogP contribution < -0.4 is 15.3 Å². The highest BCUT2D eigenvalue weighted by Gasteiger charge is 2.18. The minimum atomic E-state index is -0.599. The van der Waals surface area contributed by atoms with E-state index in [1.54, 1.807) is 0 Å². The first kappa shape index (κ1) is 14.7. The van der Waals surface area contributed by atoms with Crippen molar-refractivity contribution in [3.8, 4) is 5.75 Å². The van der Waals surface area contributed by atoms with Crippen molar-refractivity contribution in [2.24, 2.45) is 0 Å². The summed E-state index contributed by atoms with van der Waals surface area (Å²) in [5.41, 5.74) is 0. The zero-order valence-electron chi connectivity index (χ0n) is 12.6. The van der Waals surface area contributed by atoms with E-state index in [9.17, 15) is 4.79 Å². The van der Waals surface area contributed by atoms with Gasteiger partial charge in [0.25, 0.3) is 0 Å². The lowest BCUT2D eigenvalue weighted by Crippen LogP contribution is -2.17. The predicted octanol–water partition coefficient (Wildman–Crippen LogP) is 3.83. The van der Waals surface area contributed by atoms with E-state index in [-0.39, 0.29) is 5.97 Å². The van der Waals surface area contributed by atoms with Crippen molar-refractivity contribution in [1.82, 2.24) is 0 Å². The normalized spacial score (nSPS) is 12.1. The Labute approximate surface area is 131 Å². The molecule has 0 spiro atoms.